The van der Waals surface area contributed by atoms with E-state index in [9.17, 15) is 5.11 Å². The van der Waals surface area contributed by atoms with Crippen LogP contribution in [-0.2, 0) is 13.0 Å². The largest absolute Gasteiger partial charge is 0.392 e. The first-order valence-electron chi connectivity index (χ1n) is 8.04. The molecule has 2 N–H and O–H groups in total. The molecule has 3 heterocycles. The predicted octanol–water partition coefficient (Wildman–Crippen LogP) is 0.688. The Kier molecular flexibility index (Phi) is 4.75. The van der Waals surface area contributed by atoms with Crippen LogP contribution in [0.2, 0.25) is 0 Å². The van der Waals surface area contributed by atoms with Gasteiger partial charge in [0.05, 0.1) is 11.8 Å². The zero-order chi connectivity index (χ0) is 17.1. The number of nitrogens with zero attached hydrogens (tertiary/aromatic N) is 6. The highest BCUT2D eigenvalue weighted by atomic mass is 16.3. The molecule has 0 fully saturated rings. The maximum atomic E-state index is 9.38. The second kappa shape index (κ2) is 6.96. The SMILES string of the molecule is CC(O)CNc1cc(N2CCc3nnc(N(C)C)cc3C2)ncn1. The van der Waals surface area contributed by atoms with Gasteiger partial charge in [-0.15, -0.1) is 5.10 Å². The molecular weight excluding hydrogens is 306 g/mol. The molecule has 2 aromatic rings. The molecule has 0 saturated carbocycles. The van der Waals surface area contributed by atoms with Gasteiger partial charge in [0.25, 0.3) is 0 Å². The molecular formula is C16H23N7O. The van der Waals surface area contributed by atoms with Crippen molar-refractivity contribution in [3.05, 3.63) is 29.7 Å². The molecule has 2 aromatic heterocycles. The molecule has 1 aliphatic rings. The van der Waals surface area contributed by atoms with Gasteiger partial charge < -0.3 is 20.2 Å². The molecule has 0 aromatic carbocycles. The number of aromatic nitrogens is 4. The number of fused-ring (bicyclic) bond motifs is 1. The van der Waals surface area contributed by atoms with E-state index in [4.69, 9.17) is 0 Å². The van der Waals surface area contributed by atoms with Crippen molar-refractivity contribution in [2.75, 3.05) is 42.3 Å². The average molecular weight is 329 g/mol. The first-order valence-corrected chi connectivity index (χ1v) is 8.04. The van der Waals surface area contributed by atoms with E-state index in [0.29, 0.717) is 12.4 Å². The van der Waals surface area contributed by atoms with E-state index in [1.807, 2.05) is 25.1 Å². The van der Waals surface area contributed by atoms with Crippen LogP contribution in [0.4, 0.5) is 17.5 Å². The first-order chi connectivity index (χ1) is 11.5. The predicted molar refractivity (Wildman–Crippen MR) is 93.3 cm³/mol. The number of nitrogens with one attached hydrogen (secondary N) is 1. The molecule has 0 bridgehead atoms. The van der Waals surface area contributed by atoms with Crippen molar-refractivity contribution in [3.63, 3.8) is 0 Å². The van der Waals surface area contributed by atoms with Crippen LogP contribution < -0.4 is 15.1 Å². The van der Waals surface area contributed by atoms with Gasteiger partial charge in [-0.05, 0) is 18.6 Å². The van der Waals surface area contributed by atoms with Gasteiger partial charge in [0.15, 0.2) is 5.82 Å². The molecule has 1 aliphatic heterocycles. The fourth-order valence-corrected chi connectivity index (χ4v) is 2.60. The fourth-order valence-electron chi connectivity index (χ4n) is 2.60. The minimum atomic E-state index is -0.423. The summed E-state index contributed by atoms with van der Waals surface area (Å²) in [5.41, 5.74) is 2.23. The van der Waals surface area contributed by atoms with Crippen LogP contribution in [0.5, 0.6) is 0 Å². The minimum absolute atomic E-state index is 0.423. The molecule has 0 saturated heterocycles. The van der Waals surface area contributed by atoms with Gasteiger partial charge in [-0.2, -0.15) is 5.10 Å². The zero-order valence-corrected chi connectivity index (χ0v) is 14.3. The third-order valence-electron chi connectivity index (χ3n) is 3.94. The number of hydrogen-bond acceptors (Lipinski definition) is 8. The summed E-state index contributed by atoms with van der Waals surface area (Å²) in [6, 6.07) is 4.00. The molecule has 8 nitrogen and oxygen atoms in total. The van der Waals surface area contributed by atoms with Crippen LogP contribution in [-0.4, -0.2) is 58.6 Å². The Hall–Kier alpha value is -2.48. The Morgan fingerprint density at radius 2 is 2.12 bits per heavy atom. The second-order valence-corrected chi connectivity index (χ2v) is 6.23. The van der Waals surface area contributed by atoms with Crippen molar-refractivity contribution in [3.8, 4) is 0 Å². The van der Waals surface area contributed by atoms with Crippen LogP contribution in [0.1, 0.15) is 18.2 Å². The molecule has 1 atom stereocenters. The molecule has 3 rings (SSSR count). The zero-order valence-electron chi connectivity index (χ0n) is 14.3. The van der Waals surface area contributed by atoms with Crippen molar-refractivity contribution >= 4 is 17.5 Å². The van der Waals surface area contributed by atoms with E-state index in [1.165, 1.54) is 5.56 Å². The molecule has 0 radical (unpaired) electrons. The van der Waals surface area contributed by atoms with Gasteiger partial charge in [-0.3, -0.25) is 0 Å². The van der Waals surface area contributed by atoms with E-state index >= 15 is 0 Å². The van der Waals surface area contributed by atoms with Crippen LogP contribution >= 0.6 is 0 Å². The van der Waals surface area contributed by atoms with Gasteiger partial charge in [-0.1, -0.05) is 0 Å². The fraction of sp³-hybridized carbons (Fsp3) is 0.500. The van der Waals surface area contributed by atoms with E-state index in [1.54, 1.807) is 13.3 Å². The summed E-state index contributed by atoms with van der Waals surface area (Å²) in [5, 5.41) is 21.1. The Morgan fingerprint density at radius 1 is 1.29 bits per heavy atom. The topological polar surface area (TPSA) is 90.3 Å². The highest BCUT2D eigenvalue weighted by molar-refractivity contribution is 5.51. The van der Waals surface area contributed by atoms with Crippen LogP contribution in [0, 0.1) is 0 Å². The summed E-state index contributed by atoms with van der Waals surface area (Å²) in [4.78, 5) is 12.7. The molecule has 0 amide bonds. The normalized spacial score (nSPS) is 14.9. The maximum absolute atomic E-state index is 9.38. The van der Waals surface area contributed by atoms with Gasteiger partial charge in [0.1, 0.15) is 18.0 Å². The highest BCUT2D eigenvalue weighted by Crippen LogP contribution is 2.24. The third-order valence-corrected chi connectivity index (χ3v) is 3.94. The van der Waals surface area contributed by atoms with E-state index in [2.05, 4.69) is 36.4 Å². The lowest BCUT2D eigenvalue weighted by Crippen LogP contribution is -2.32. The van der Waals surface area contributed by atoms with Gasteiger partial charge in [-0.25, -0.2) is 9.97 Å². The average Bonchev–Trinajstić information content (AvgIpc) is 2.59. The summed E-state index contributed by atoms with van der Waals surface area (Å²) >= 11 is 0. The molecule has 0 aliphatic carbocycles. The Balaban J connectivity index is 1.77. The standard InChI is InChI=1S/C16H23N7O/c1-11(24)8-17-14-7-15(19-10-18-14)23-5-4-13-12(9-23)6-16(21-20-13)22(2)3/h6-7,10-11,24H,4-5,8-9H2,1-3H3,(H,17,18,19). The quantitative estimate of drug-likeness (QED) is 0.828. The molecule has 8 heteroatoms. The van der Waals surface area contributed by atoms with Crippen molar-refractivity contribution < 1.29 is 5.11 Å². The van der Waals surface area contributed by atoms with E-state index in [-0.39, 0.29) is 0 Å². The number of aliphatic hydroxyl groups excluding tert-OH is 1. The van der Waals surface area contributed by atoms with Crippen molar-refractivity contribution in [1.29, 1.82) is 0 Å². The summed E-state index contributed by atoms with van der Waals surface area (Å²) < 4.78 is 0. The number of hydrogen-bond donors (Lipinski definition) is 2. The summed E-state index contributed by atoms with van der Waals surface area (Å²) in [7, 11) is 3.92. The summed E-state index contributed by atoms with van der Waals surface area (Å²) in [5.74, 6) is 2.44. The summed E-state index contributed by atoms with van der Waals surface area (Å²) in [6.07, 6.45) is 1.97. The van der Waals surface area contributed by atoms with Crippen LogP contribution in [0.3, 0.4) is 0 Å². The van der Waals surface area contributed by atoms with E-state index < -0.39 is 6.10 Å². The Labute approximate surface area is 141 Å². The van der Waals surface area contributed by atoms with E-state index in [0.717, 1.165) is 36.8 Å². The van der Waals surface area contributed by atoms with Crippen LogP contribution in [0.25, 0.3) is 0 Å². The second-order valence-electron chi connectivity index (χ2n) is 6.23. The van der Waals surface area contributed by atoms with Gasteiger partial charge in [0, 0.05) is 46.2 Å². The lowest BCUT2D eigenvalue weighted by Gasteiger charge is -2.29. The van der Waals surface area contributed by atoms with Gasteiger partial charge >= 0.3 is 0 Å². The van der Waals surface area contributed by atoms with Gasteiger partial charge in [0.2, 0.25) is 0 Å². The first kappa shape index (κ1) is 16.4. The van der Waals surface area contributed by atoms with Crippen molar-refractivity contribution in [2.45, 2.75) is 26.0 Å². The molecule has 0 spiro atoms. The maximum Gasteiger partial charge on any atom is 0.151 e. The lowest BCUT2D eigenvalue weighted by molar-refractivity contribution is 0.208. The highest BCUT2D eigenvalue weighted by Gasteiger charge is 2.20. The Morgan fingerprint density at radius 3 is 2.88 bits per heavy atom. The molecule has 24 heavy (non-hydrogen) atoms. The van der Waals surface area contributed by atoms with Crippen LogP contribution in [0.15, 0.2) is 18.5 Å². The molecule has 128 valence electrons. The third kappa shape index (κ3) is 3.70. The lowest BCUT2D eigenvalue weighted by atomic mass is 10.1. The monoisotopic (exact) mass is 329 g/mol. The Bertz CT molecular complexity index is 705. The van der Waals surface area contributed by atoms with Crippen molar-refractivity contribution in [2.24, 2.45) is 0 Å². The smallest absolute Gasteiger partial charge is 0.151 e. The number of anilines is 3. The summed E-state index contributed by atoms with van der Waals surface area (Å²) in [6.45, 7) is 3.79. The van der Waals surface area contributed by atoms with Crippen molar-refractivity contribution in [1.82, 2.24) is 20.2 Å². The molecule has 1 unspecified atom stereocenters. The minimum Gasteiger partial charge on any atom is -0.392 e. The number of rotatable bonds is 5. The number of aliphatic hydroxyl groups is 1.